The molecule has 0 aliphatic carbocycles. The van der Waals surface area contributed by atoms with E-state index in [4.69, 9.17) is 12.2 Å². The first-order valence-corrected chi connectivity index (χ1v) is 6.85. The van der Waals surface area contributed by atoms with Gasteiger partial charge in [0.05, 0.1) is 6.61 Å². The summed E-state index contributed by atoms with van der Waals surface area (Å²) < 4.78 is 0. The van der Waals surface area contributed by atoms with Crippen LogP contribution in [0.3, 0.4) is 0 Å². The van der Waals surface area contributed by atoms with Crippen molar-refractivity contribution in [3.05, 3.63) is 59.2 Å². The molecule has 2 rings (SSSR count). The molecule has 104 valence electrons. The van der Waals surface area contributed by atoms with Gasteiger partial charge in [0.2, 0.25) is 0 Å². The lowest BCUT2D eigenvalue weighted by molar-refractivity contribution is 0.282. The summed E-state index contributed by atoms with van der Waals surface area (Å²) >= 11 is 5.32. The Morgan fingerprint density at radius 1 is 1.00 bits per heavy atom. The third-order valence-electron chi connectivity index (χ3n) is 3.29. The fourth-order valence-corrected chi connectivity index (χ4v) is 2.16. The quantitative estimate of drug-likeness (QED) is 0.754. The molecule has 0 spiro atoms. The van der Waals surface area contributed by atoms with Crippen molar-refractivity contribution in [1.29, 1.82) is 0 Å². The Bertz CT molecular complexity index is 626. The summed E-state index contributed by atoms with van der Waals surface area (Å²) in [6.07, 6.45) is 0. The molecule has 2 aromatic rings. The average molecular weight is 286 g/mol. The number of aliphatic hydroxyl groups is 1. The minimum absolute atomic E-state index is 0.0186. The van der Waals surface area contributed by atoms with Gasteiger partial charge < -0.3 is 15.7 Å². The fourth-order valence-electron chi connectivity index (χ4n) is 1.94. The largest absolute Gasteiger partial charge is 0.392 e. The maximum atomic E-state index is 9.30. The average Bonchev–Trinajstić information content (AvgIpc) is 2.44. The van der Waals surface area contributed by atoms with E-state index in [0.717, 1.165) is 16.9 Å². The molecule has 20 heavy (non-hydrogen) atoms. The van der Waals surface area contributed by atoms with Crippen molar-refractivity contribution >= 4 is 28.7 Å². The molecule has 0 aliphatic heterocycles. The summed E-state index contributed by atoms with van der Waals surface area (Å²) in [5.74, 6) is 0. The molecule has 0 amide bonds. The second-order valence-corrected chi connectivity index (χ2v) is 5.05. The molecule has 3 N–H and O–H groups in total. The Labute approximate surface area is 124 Å². The number of nitrogens with one attached hydrogen (secondary N) is 2. The van der Waals surface area contributed by atoms with E-state index in [1.54, 1.807) is 0 Å². The van der Waals surface area contributed by atoms with Crippen molar-refractivity contribution in [1.82, 2.24) is 0 Å². The number of hydrogen-bond donors (Lipinski definition) is 3. The fraction of sp³-hybridized carbons (Fsp3) is 0.188. The lowest BCUT2D eigenvalue weighted by atomic mass is 10.1. The van der Waals surface area contributed by atoms with Crippen LogP contribution < -0.4 is 10.6 Å². The Morgan fingerprint density at radius 2 is 1.65 bits per heavy atom. The van der Waals surface area contributed by atoms with Crippen LogP contribution >= 0.6 is 12.2 Å². The Balaban J connectivity index is 2.11. The second-order valence-electron chi connectivity index (χ2n) is 4.64. The van der Waals surface area contributed by atoms with E-state index in [1.165, 1.54) is 11.1 Å². The number of aryl methyl sites for hydroxylation is 1. The van der Waals surface area contributed by atoms with Gasteiger partial charge in [-0.1, -0.05) is 30.3 Å². The summed E-state index contributed by atoms with van der Waals surface area (Å²) in [4.78, 5) is 0. The van der Waals surface area contributed by atoms with Crippen molar-refractivity contribution < 1.29 is 5.11 Å². The Kier molecular flexibility index (Phi) is 4.71. The molecule has 0 heterocycles. The number of aliphatic hydroxyl groups excluding tert-OH is 1. The number of anilines is 2. The summed E-state index contributed by atoms with van der Waals surface area (Å²) in [7, 11) is 0. The molecule has 0 bridgehead atoms. The van der Waals surface area contributed by atoms with Crippen LogP contribution in [0.4, 0.5) is 11.4 Å². The van der Waals surface area contributed by atoms with Crippen LogP contribution in [0.1, 0.15) is 16.7 Å². The maximum Gasteiger partial charge on any atom is 0.175 e. The van der Waals surface area contributed by atoms with Crippen molar-refractivity contribution in [2.75, 3.05) is 10.6 Å². The second kappa shape index (κ2) is 6.50. The Morgan fingerprint density at radius 3 is 2.40 bits per heavy atom. The molecular formula is C16H18N2OS. The number of rotatable bonds is 3. The summed E-state index contributed by atoms with van der Waals surface area (Å²) in [5.41, 5.74) is 5.01. The standard InChI is InChI=1S/C16H18N2OS/c1-11-6-5-9-14(12(11)2)17-16(20)18-15-8-4-3-7-13(15)10-19/h3-9,19H,10H2,1-2H3,(H2,17,18,20). The van der Waals surface area contributed by atoms with E-state index in [2.05, 4.69) is 30.5 Å². The van der Waals surface area contributed by atoms with Crippen molar-refractivity contribution in [2.24, 2.45) is 0 Å². The number of benzene rings is 2. The van der Waals surface area contributed by atoms with Crippen LogP contribution in [0.5, 0.6) is 0 Å². The number of hydrogen-bond acceptors (Lipinski definition) is 2. The third kappa shape index (κ3) is 3.35. The van der Waals surface area contributed by atoms with E-state index in [-0.39, 0.29) is 6.61 Å². The van der Waals surface area contributed by atoms with Crippen LogP contribution in [-0.4, -0.2) is 10.2 Å². The first-order valence-electron chi connectivity index (χ1n) is 6.45. The molecule has 0 unspecified atom stereocenters. The van der Waals surface area contributed by atoms with Gasteiger partial charge >= 0.3 is 0 Å². The minimum atomic E-state index is -0.0186. The van der Waals surface area contributed by atoms with Crippen LogP contribution in [0.15, 0.2) is 42.5 Å². The molecule has 2 aromatic carbocycles. The van der Waals surface area contributed by atoms with Gasteiger partial charge in [-0.2, -0.15) is 0 Å². The SMILES string of the molecule is Cc1cccc(NC(=S)Nc2ccccc2CO)c1C. The normalized spacial score (nSPS) is 10.2. The van der Waals surface area contributed by atoms with Crippen LogP contribution in [0.2, 0.25) is 0 Å². The van der Waals surface area contributed by atoms with Gasteiger partial charge in [-0.15, -0.1) is 0 Å². The van der Waals surface area contributed by atoms with Gasteiger partial charge in [0.15, 0.2) is 5.11 Å². The smallest absolute Gasteiger partial charge is 0.175 e. The van der Waals surface area contributed by atoms with Crippen molar-refractivity contribution in [3.63, 3.8) is 0 Å². The van der Waals surface area contributed by atoms with Gasteiger partial charge in [0, 0.05) is 16.9 Å². The predicted octanol–water partition coefficient (Wildman–Crippen LogP) is 3.60. The summed E-state index contributed by atoms with van der Waals surface area (Å²) in [5, 5.41) is 16.1. The van der Waals surface area contributed by atoms with Crippen molar-refractivity contribution in [3.8, 4) is 0 Å². The third-order valence-corrected chi connectivity index (χ3v) is 3.49. The van der Waals surface area contributed by atoms with E-state index in [1.807, 2.05) is 36.4 Å². The highest BCUT2D eigenvalue weighted by atomic mass is 32.1. The van der Waals surface area contributed by atoms with Gasteiger partial charge in [0.25, 0.3) is 0 Å². The molecule has 0 saturated heterocycles. The molecule has 4 heteroatoms. The monoisotopic (exact) mass is 286 g/mol. The van der Waals surface area contributed by atoms with Crippen molar-refractivity contribution in [2.45, 2.75) is 20.5 Å². The zero-order valence-electron chi connectivity index (χ0n) is 11.6. The first kappa shape index (κ1) is 14.5. The summed E-state index contributed by atoms with van der Waals surface area (Å²) in [6, 6.07) is 13.6. The van der Waals surface area contributed by atoms with Crippen LogP contribution in [0, 0.1) is 13.8 Å². The molecule has 0 radical (unpaired) electrons. The first-order chi connectivity index (χ1) is 9.61. The Hall–Kier alpha value is -1.91. The highest BCUT2D eigenvalue weighted by molar-refractivity contribution is 7.80. The van der Waals surface area contributed by atoms with Gasteiger partial charge in [-0.25, -0.2) is 0 Å². The molecule has 0 aliphatic rings. The lowest BCUT2D eigenvalue weighted by Crippen LogP contribution is -2.20. The molecule has 0 aromatic heterocycles. The predicted molar refractivity (Wildman–Crippen MR) is 88.1 cm³/mol. The van der Waals surface area contributed by atoms with Gasteiger partial charge in [-0.3, -0.25) is 0 Å². The molecular weight excluding hydrogens is 268 g/mol. The molecule has 0 fully saturated rings. The van der Waals surface area contributed by atoms with E-state index >= 15 is 0 Å². The molecule has 0 saturated carbocycles. The van der Waals surface area contributed by atoms with E-state index in [9.17, 15) is 5.11 Å². The molecule has 0 atom stereocenters. The van der Waals surface area contributed by atoms with Gasteiger partial charge in [0.1, 0.15) is 0 Å². The summed E-state index contributed by atoms with van der Waals surface area (Å²) in [6.45, 7) is 4.11. The number of para-hydroxylation sites is 1. The van der Waals surface area contributed by atoms with Crippen LogP contribution in [0.25, 0.3) is 0 Å². The highest BCUT2D eigenvalue weighted by Gasteiger charge is 2.05. The molecule has 3 nitrogen and oxygen atoms in total. The van der Waals surface area contributed by atoms with Crippen LogP contribution in [-0.2, 0) is 6.61 Å². The maximum absolute atomic E-state index is 9.30. The highest BCUT2D eigenvalue weighted by Crippen LogP contribution is 2.19. The lowest BCUT2D eigenvalue weighted by Gasteiger charge is -2.15. The topological polar surface area (TPSA) is 44.3 Å². The zero-order valence-corrected chi connectivity index (χ0v) is 12.4. The minimum Gasteiger partial charge on any atom is -0.392 e. The van der Waals surface area contributed by atoms with E-state index in [0.29, 0.717) is 5.11 Å². The van der Waals surface area contributed by atoms with Gasteiger partial charge in [-0.05, 0) is 49.3 Å². The number of thiocarbonyl (C=S) groups is 1. The zero-order chi connectivity index (χ0) is 14.5. The van der Waals surface area contributed by atoms with E-state index < -0.39 is 0 Å².